The second-order valence-electron chi connectivity index (χ2n) is 8.67. The highest BCUT2D eigenvalue weighted by Gasteiger charge is 2.32. The van der Waals surface area contributed by atoms with Gasteiger partial charge in [-0.2, -0.15) is 4.31 Å². The molecule has 0 aliphatic carbocycles. The lowest BCUT2D eigenvalue weighted by atomic mass is 9.88. The fraction of sp³-hybridized carbons (Fsp3) is 0.296. The van der Waals surface area contributed by atoms with E-state index in [9.17, 15) is 13.2 Å². The van der Waals surface area contributed by atoms with Gasteiger partial charge in [0.2, 0.25) is 15.9 Å². The molecule has 2 heterocycles. The van der Waals surface area contributed by atoms with Crippen LogP contribution in [0.2, 0.25) is 0 Å². The number of fused-ring (bicyclic) bond motifs is 1. The Labute approximate surface area is 205 Å². The molecule has 2 aliphatic rings. The second-order valence-corrected chi connectivity index (χ2v) is 10.6. The minimum Gasteiger partial charge on any atom is -0.486 e. The number of rotatable bonds is 6. The topological polar surface area (TPSA) is 76.2 Å². The Morgan fingerprint density at radius 1 is 0.771 bits per heavy atom. The van der Waals surface area contributed by atoms with Crippen LogP contribution in [-0.4, -0.2) is 62.9 Å². The zero-order valence-electron chi connectivity index (χ0n) is 19.4. The van der Waals surface area contributed by atoms with Crippen LogP contribution in [0.3, 0.4) is 0 Å². The molecule has 3 aromatic carbocycles. The van der Waals surface area contributed by atoms with E-state index >= 15 is 0 Å². The van der Waals surface area contributed by atoms with Gasteiger partial charge in [0, 0.05) is 44.6 Å². The van der Waals surface area contributed by atoms with Crippen LogP contribution in [0.5, 0.6) is 11.5 Å². The first kappa shape index (κ1) is 23.4. The molecule has 8 heteroatoms. The van der Waals surface area contributed by atoms with Gasteiger partial charge in [-0.3, -0.25) is 4.79 Å². The van der Waals surface area contributed by atoms with Crippen molar-refractivity contribution in [3.63, 3.8) is 0 Å². The molecule has 1 amide bonds. The molecule has 0 N–H and O–H groups in total. The van der Waals surface area contributed by atoms with Crippen LogP contribution in [0.1, 0.15) is 23.5 Å². The average Bonchev–Trinajstić information content (AvgIpc) is 2.92. The van der Waals surface area contributed by atoms with Crippen LogP contribution >= 0.6 is 0 Å². The number of ether oxygens (including phenoxy) is 2. The predicted molar refractivity (Wildman–Crippen MR) is 132 cm³/mol. The molecule has 182 valence electrons. The van der Waals surface area contributed by atoms with Gasteiger partial charge in [0.1, 0.15) is 13.2 Å². The van der Waals surface area contributed by atoms with Gasteiger partial charge in [-0.05, 0) is 23.3 Å². The van der Waals surface area contributed by atoms with Crippen LogP contribution in [0, 0.1) is 0 Å². The summed E-state index contributed by atoms with van der Waals surface area (Å²) in [6.45, 7) is 2.07. The summed E-state index contributed by atoms with van der Waals surface area (Å²) < 4.78 is 38.9. The molecular formula is C27H28N2O5S. The van der Waals surface area contributed by atoms with E-state index in [0.29, 0.717) is 44.2 Å². The lowest BCUT2D eigenvalue weighted by Crippen LogP contribution is -2.50. The number of hydrogen-bond acceptors (Lipinski definition) is 5. The highest BCUT2D eigenvalue weighted by atomic mass is 32.2. The Balaban J connectivity index is 1.26. The van der Waals surface area contributed by atoms with Crippen molar-refractivity contribution in [3.8, 4) is 11.5 Å². The van der Waals surface area contributed by atoms with Crippen molar-refractivity contribution in [3.05, 3.63) is 90.0 Å². The quantitative estimate of drug-likeness (QED) is 0.526. The van der Waals surface area contributed by atoms with Crippen molar-refractivity contribution in [2.75, 3.05) is 39.4 Å². The third kappa shape index (κ3) is 5.04. The van der Waals surface area contributed by atoms with Gasteiger partial charge in [0.15, 0.2) is 11.5 Å². The maximum atomic E-state index is 13.3. The van der Waals surface area contributed by atoms with E-state index in [1.54, 1.807) is 17.0 Å². The van der Waals surface area contributed by atoms with Crippen LogP contribution in [0.4, 0.5) is 0 Å². The smallest absolute Gasteiger partial charge is 0.243 e. The van der Waals surface area contributed by atoms with Crippen molar-refractivity contribution >= 4 is 15.9 Å². The Morgan fingerprint density at radius 2 is 1.34 bits per heavy atom. The predicted octanol–water partition coefficient (Wildman–Crippen LogP) is 3.51. The number of amides is 1. The third-order valence-electron chi connectivity index (χ3n) is 6.53. The molecule has 2 aliphatic heterocycles. The molecule has 35 heavy (non-hydrogen) atoms. The van der Waals surface area contributed by atoms with Gasteiger partial charge >= 0.3 is 0 Å². The maximum absolute atomic E-state index is 13.3. The summed E-state index contributed by atoms with van der Waals surface area (Å²) in [4.78, 5) is 15.2. The van der Waals surface area contributed by atoms with Crippen molar-refractivity contribution in [2.24, 2.45) is 0 Å². The fourth-order valence-corrected chi connectivity index (χ4v) is 6.05. The lowest BCUT2D eigenvalue weighted by Gasteiger charge is -2.35. The van der Waals surface area contributed by atoms with Gasteiger partial charge in [-0.25, -0.2) is 8.42 Å². The zero-order chi connectivity index (χ0) is 24.3. The minimum atomic E-state index is -3.69. The monoisotopic (exact) mass is 492 g/mol. The summed E-state index contributed by atoms with van der Waals surface area (Å²) in [6, 6.07) is 24.7. The van der Waals surface area contributed by atoms with E-state index in [1.165, 1.54) is 10.4 Å². The molecule has 0 atom stereocenters. The molecule has 3 aromatic rings. The van der Waals surface area contributed by atoms with Gasteiger partial charge in [-0.1, -0.05) is 60.7 Å². The highest BCUT2D eigenvalue weighted by molar-refractivity contribution is 7.89. The zero-order valence-corrected chi connectivity index (χ0v) is 20.2. The first-order valence-corrected chi connectivity index (χ1v) is 13.2. The van der Waals surface area contributed by atoms with E-state index in [1.807, 2.05) is 60.7 Å². The van der Waals surface area contributed by atoms with E-state index in [0.717, 1.165) is 11.1 Å². The molecule has 7 nitrogen and oxygen atoms in total. The van der Waals surface area contributed by atoms with Gasteiger partial charge in [-0.15, -0.1) is 0 Å². The molecule has 1 fully saturated rings. The average molecular weight is 493 g/mol. The fourth-order valence-electron chi connectivity index (χ4n) is 4.61. The number of benzene rings is 3. The van der Waals surface area contributed by atoms with E-state index in [-0.39, 0.29) is 29.8 Å². The summed E-state index contributed by atoms with van der Waals surface area (Å²) in [5, 5.41) is 0. The molecule has 0 spiro atoms. The summed E-state index contributed by atoms with van der Waals surface area (Å²) >= 11 is 0. The number of nitrogens with zero attached hydrogens (tertiary/aromatic N) is 2. The number of sulfonamides is 1. The van der Waals surface area contributed by atoms with Crippen LogP contribution in [-0.2, 0) is 14.8 Å². The second kappa shape index (κ2) is 10.1. The van der Waals surface area contributed by atoms with Crippen molar-refractivity contribution in [1.29, 1.82) is 0 Å². The summed E-state index contributed by atoms with van der Waals surface area (Å²) in [6.07, 6.45) is 0.336. The van der Waals surface area contributed by atoms with Gasteiger partial charge in [0.05, 0.1) is 4.90 Å². The molecular weight excluding hydrogens is 464 g/mol. The minimum absolute atomic E-state index is 0.0269. The number of carbonyl (C=O) groups excluding carboxylic acids is 1. The maximum Gasteiger partial charge on any atom is 0.243 e. The van der Waals surface area contributed by atoms with Crippen LogP contribution < -0.4 is 9.47 Å². The summed E-state index contributed by atoms with van der Waals surface area (Å²) in [5.74, 6) is 0.972. The Hall–Kier alpha value is -3.36. The Bertz CT molecular complexity index is 1230. The van der Waals surface area contributed by atoms with Gasteiger partial charge in [0.25, 0.3) is 0 Å². The molecule has 0 aromatic heterocycles. The third-order valence-corrected chi connectivity index (χ3v) is 8.42. The summed E-state index contributed by atoms with van der Waals surface area (Å²) in [5.41, 5.74) is 2.18. The van der Waals surface area contributed by atoms with E-state index in [2.05, 4.69) is 0 Å². The van der Waals surface area contributed by atoms with Crippen molar-refractivity contribution in [1.82, 2.24) is 9.21 Å². The van der Waals surface area contributed by atoms with Crippen molar-refractivity contribution in [2.45, 2.75) is 17.2 Å². The molecule has 5 rings (SSSR count). The molecule has 0 bridgehead atoms. The number of piperazine rings is 1. The number of hydrogen-bond donors (Lipinski definition) is 0. The Kier molecular flexibility index (Phi) is 6.74. The van der Waals surface area contributed by atoms with E-state index in [4.69, 9.17) is 9.47 Å². The standard InChI is InChI=1S/C27H28N2O5S/c30-27(20-24(21-7-3-1-4-8-21)22-9-5-2-6-10-22)28-13-15-29(16-14-28)35(31,32)23-11-12-25-26(19-23)34-18-17-33-25/h1-12,19,24H,13-18,20H2. The number of carbonyl (C=O) groups is 1. The first-order valence-electron chi connectivity index (χ1n) is 11.8. The first-order chi connectivity index (χ1) is 17.0. The molecule has 0 unspecified atom stereocenters. The largest absolute Gasteiger partial charge is 0.486 e. The van der Waals surface area contributed by atoms with Crippen molar-refractivity contribution < 1.29 is 22.7 Å². The lowest BCUT2D eigenvalue weighted by molar-refractivity contribution is -0.132. The van der Waals surface area contributed by atoms with E-state index < -0.39 is 10.0 Å². The highest BCUT2D eigenvalue weighted by Crippen LogP contribution is 2.33. The SMILES string of the molecule is O=C(CC(c1ccccc1)c1ccccc1)N1CCN(S(=O)(=O)c2ccc3c(c2)OCCO3)CC1. The van der Waals surface area contributed by atoms with Gasteiger partial charge < -0.3 is 14.4 Å². The van der Waals surface area contributed by atoms with Crippen LogP contribution in [0.15, 0.2) is 83.8 Å². The molecule has 0 saturated carbocycles. The van der Waals surface area contributed by atoms with Crippen LogP contribution in [0.25, 0.3) is 0 Å². The summed E-state index contributed by atoms with van der Waals surface area (Å²) in [7, 11) is -3.69. The molecule has 1 saturated heterocycles. The normalized spacial score (nSPS) is 16.3. The molecule has 0 radical (unpaired) electrons. The Morgan fingerprint density at radius 3 is 1.94 bits per heavy atom.